The molecule has 4 heteroatoms. The highest BCUT2D eigenvalue weighted by atomic mass is 32.1. The number of anilines is 3. The molecule has 0 radical (unpaired) electrons. The van der Waals surface area contributed by atoms with Crippen LogP contribution in [0.3, 0.4) is 0 Å². The normalized spacial score (nSPS) is 11.9. The van der Waals surface area contributed by atoms with Gasteiger partial charge in [0.15, 0.2) is 0 Å². The molecule has 0 atom stereocenters. The average molecular weight is 809 g/mol. The summed E-state index contributed by atoms with van der Waals surface area (Å²) in [6.07, 6.45) is 0. The molecule has 0 N–H and O–H groups in total. The Bertz CT molecular complexity index is 3850. The van der Waals surface area contributed by atoms with Gasteiger partial charge in [0.2, 0.25) is 0 Å². The lowest BCUT2D eigenvalue weighted by Gasteiger charge is -2.26. The van der Waals surface area contributed by atoms with E-state index in [1.54, 1.807) is 0 Å². The fourth-order valence-corrected chi connectivity index (χ4v) is 11.0. The Kier molecular flexibility index (Phi) is 7.78. The largest absolute Gasteiger partial charge is 0.456 e. The van der Waals surface area contributed by atoms with E-state index in [0.717, 1.165) is 61.3 Å². The van der Waals surface area contributed by atoms with Gasteiger partial charge in [-0.25, -0.2) is 0 Å². The number of hydrogen-bond acceptors (Lipinski definition) is 3. The van der Waals surface area contributed by atoms with Crippen molar-refractivity contribution < 1.29 is 4.42 Å². The number of thiophene rings is 1. The van der Waals surface area contributed by atoms with E-state index < -0.39 is 0 Å². The number of rotatable bonds is 6. The molecular weight excluding hydrogens is 773 g/mol. The van der Waals surface area contributed by atoms with Gasteiger partial charge < -0.3 is 13.9 Å². The Balaban J connectivity index is 1.09. The van der Waals surface area contributed by atoms with Crippen LogP contribution in [-0.4, -0.2) is 4.57 Å². The first kappa shape index (κ1) is 34.9. The molecule has 0 aliphatic carbocycles. The third kappa shape index (κ3) is 5.30. The Morgan fingerprint density at radius 1 is 0.403 bits per heavy atom. The molecule has 0 amide bonds. The molecule has 0 unspecified atom stereocenters. The quantitative estimate of drug-likeness (QED) is 0.167. The van der Waals surface area contributed by atoms with E-state index in [1.165, 1.54) is 58.4 Å². The van der Waals surface area contributed by atoms with E-state index >= 15 is 0 Å². The fourth-order valence-electron chi connectivity index (χ4n) is 9.90. The van der Waals surface area contributed by atoms with Gasteiger partial charge in [-0.1, -0.05) is 152 Å². The second-order valence-electron chi connectivity index (χ2n) is 16.0. The van der Waals surface area contributed by atoms with E-state index in [2.05, 4.69) is 228 Å². The smallest absolute Gasteiger partial charge is 0.138 e. The molecule has 0 fully saturated rings. The maximum Gasteiger partial charge on any atom is 0.138 e. The van der Waals surface area contributed by atoms with E-state index in [0.29, 0.717) is 0 Å². The Morgan fingerprint density at radius 2 is 1.03 bits per heavy atom. The van der Waals surface area contributed by atoms with Crippen molar-refractivity contribution in [1.82, 2.24) is 4.57 Å². The van der Waals surface area contributed by atoms with Gasteiger partial charge in [-0.2, -0.15) is 0 Å². The summed E-state index contributed by atoms with van der Waals surface area (Å²) >= 11 is 1.85. The monoisotopic (exact) mass is 808 g/mol. The highest BCUT2D eigenvalue weighted by Crippen LogP contribution is 2.49. The molecule has 13 rings (SSSR count). The van der Waals surface area contributed by atoms with Crippen LogP contribution < -0.4 is 4.90 Å². The van der Waals surface area contributed by atoms with Gasteiger partial charge in [0.1, 0.15) is 11.2 Å². The van der Waals surface area contributed by atoms with Crippen molar-refractivity contribution >= 4 is 103 Å². The molecule has 3 aromatic heterocycles. The van der Waals surface area contributed by atoms with Crippen LogP contribution in [0.2, 0.25) is 0 Å². The first-order valence-electron chi connectivity index (χ1n) is 21.1. The molecule has 3 nitrogen and oxygen atoms in total. The van der Waals surface area contributed by atoms with Gasteiger partial charge in [0.05, 0.1) is 11.0 Å². The summed E-state index contributed by atoms with van der Waals surface area (Å²) in [4.78, 5) is 2.37. The Labute approximate surface area is 361 Å². The maximum atomic E-state index is 6.76. The van der Waals surface area contributed by atoms with Crippen LogP contribution in [0.1, 0.15) is 0 Å². The summed E-state index contributed by atoms with van der Waals surface area (Å²) in [6.45, 7) is 0. The lowest BCUT2D eigenvalue weighted by molar-refractivity contribution is 0.669. The minimum Gasteiger partial charge on any atom is -0.456 e. The van der Waals surface area contributed by atoms with E-state index in [4.69, 9.17) is 4.42 Å². The number of benzene rings is 10. The van der Waals surface area contributed by atoms with Crippen LogP contribution in [0.25, 0.3) is 103 Å². The lowest BCUT2D eigenvalue weighted by Crippen LogP contribution is -2.09. The fraction of sp³-hybridized carbons (Fsp3) is 0. The van der Waals surface area contributed by atoms with Crippen molar-refractivity contribution in [2.75, 3.05) is 4.90 Å². The minimum atomic E-state index is 0.872. The van der Waals surface area contributed by atoms with Gasteiger partial charge in [0, 0.05) is 81.7 Å². The summed E-state index contributed by atoms with van der Waals surface area (Å²) in [5.74, 6) is 0. The topological polar surface area (TPSA) is 21.3 Å². The highest BCUT2D eigenvalue weighted by molar-refractivity contribution is 7.25. The van der Waals surface area contributed by atoms with Crippen LogP contribution in [-0.2, 0) is 0 Å². The van der Waals surface area contributed by atoms with Crippen LogP contribution >= 0.6 is 11.3 Å². The van der Waals surface area contributed by atoms with Gasteiger partial charge in [-0.3, -0.25) is 0 Å². The average Bonchev–Trinajstić information content (AvgIpc) is 4.01. The first-order chi connectivity index (χ1) is 30.8. The molecule has 0 aliphatic heterocycles. The summed E-state index contributed by atoms with van der Waals surface area (Å²) in [6, 6.07) is 79.1. The number of aromatic nitrogens is 1. The molecule has 0 bridgehead atoms. The molecule has 0 saturated carbocycles. The molecule has 0 aliphatic rings. The Hall–Kier alpha value is -7.92. The molecular formula is C58H36N2OS. The number of para-hydroxylation sites is 3. The molecule has 0 saturated heterocycles. The van der Waals surface area contributed by atoms with Crippen molar-refractivity contribution in [3.8, 4) is 27.9 Å². The van der Waals surface area contributed by atoms with E-state index in [-0.39, 0.29) is 0 Å². The van der Waals surface area contributed by atoms with Crippen LogP contribution in [0.5, 0.6) is 0 Å². The molecule has 13 aromatic rings. The number of furan rings is 1. The lowest BCUT2D eigenvalue weighted by atomic mass is 9.93. The highest BCUT2D eigenvalue weighted by Gasteiger charge is 2.25. The number of hydrogen-bond donors (Lipinski definition) is 0. The van der Waals surface area contributed by atoms with Crippen molar-refractivity contribution in [3.05, 3.63) is 218 Å². The third-order valence-electron chi connectivity index (χ3n) is 12.6. The van der Waals surface area contributed by atoms with Crippen LogP contribution in [0, 0.1) is 0 Å². The molecule has 62 heavy (non-hydrogen) atoms. The summed E-state index contributed by atoms with van der Waals surface area (Å²) in [7, 11) is 0. The van der Waals surface area contributed by atoms with Gasteiger partial charge in [0.25, 0.3) is 0 Å². The molecule has 290 valence electrons. The van der Waals surface area contributed by atoms with Crippen LogP contribution in [0.15, 0.2) is 223 Å². The number of fused-ring (bicyclic) bond motifs is 10. The van der Waals surface area contributed by atoms with Gasteiger partial charge in [-0.05, 0) is 82.6 Å². The predicted octanol–water partition coefficient (Wildman–Crippen LogP) is 17.0. The van der Waals surface area contributed by atoms with Crippen LogP contribution in [0.4, 0.5) is 17.1 Å². The SMILES string of the molecule is c1ccc(-c2c3c(cc4c2c2cccc(-c5cccc6ccccc56)c2n4-c2ccc(N(c4ccccc4)c4ccc5c(c4)sc4ccccc45)cc2)oc2ccccc23)cc1. The summed E-state index contributed by atoms with van der Waals surface area (Å²) < 4.78 is 11.8. The first-order valence-corrected chi connectivity index (χ1v) is 21.9. The minimum absolute atomic E-state index is 0.872. The maximum absolute atomic E-state index is 6.76. The Morgan fingerprint density at radius 3 is 1.89 bits per heavy atom. The van der Waals surface area contributed by atoms with E-state index in [1.807, 2.05) is 11.3 Å². The second-order valence-corrected chi connectivity index (χ2v) is 17.1. The summed E-state index contributed by atoms with van der Waals surface area (Å²) in [5, 5.41) is 9.71. The second kappa shape index (κ2) is 13.8. The molecule has 0 spiro atoms. The van der Waals surface area contributed by atoms with Crippen molar-refractivity contribution in [1.29, 1.82) is 0 Å². The number of nitrogens with zero attached hydrogens (tertiary/aromatic N) is 2. The third-order valence-corrected chi connectivity index (χ3v) is 13.7. The zero-order valence-electron chi connectivity index (χ0n) is 33.5. The van der Waals surface area contributed by atoms with Crippen molar-refractivity contribution in [2.45, 2.75) is 0 Å². The molecule has 10 aromatic carbocycles. The van der Waals surface area contributed by atoms with Crippen molar-refractivity contribution in [2.24, 2.45) is 0 Å². The van der Waals surface area contributed by atoms with E-state index in [9.17, 15) is 0 Å². The molecule has 3 heterocycles. The predicted molar refractivity (Wildman–Crippen MR) is 264 cm³/mol. The zero-order valence-corrected chi connectivity index (χ0v) is 34.3. The summed E-state index contributed by atoms with van der Waals surface area (Å²) in [5.41, 5.74) is 13.1. The van der Waals surface area contributed by atoms with Crippen molar-refractivity contribution in [3.63, 3.8) is 0 Å². The standard InChI is InChI=1S/C58H36N2OS/c1-3-16-38(17-4-1)55-56-49-26-14-25-47(44-24-13-18-37-15-7-8-21-43(37)44)58(49)60(50(56)36-52-57(55)48-23-9-11-27-51(48)61-52)41-31-29-40(30-32-41)59(39-19-5-2-6-20-39)42-33-34-46-45-22-10-12-28-53(45)62-54(46)35-42/h1-36H. The zero-order chi connectivity index (χ0) is 40.7. The van der Waals surface area contributed by atoms with Gasteiger partial charge >= 0.3 is 0 Å². The van der Waals surface area contributed by atoms with Gasteiger partial charge in [-0.15, -0.1) is 11.3 Å².